The molecular formula is C4H5I4. The first-order chi connectivity index (χ1) is 3.50. The van der Waals surface area contributed by atoms with Crippen molar-refractivity contribution in [1.29, 1.82) is 0 Å². The highest BCUT2D eigenvalue weighted by atomic mass is 127. The highest BCUT2D eigenvalue weighted by molar-refractivity contribution is 14.2. The summed E-state index contributed by atoms with van der Waals surface area (Å²) in [6, 6.07) is 0. The van der Waals surface area contributed by atoms with Crippen LogP contribution in [0.2, 0.25) is 0 Å². The Labute approximate surface area is 105 Å². The molecule has 0 aliphatic rings. The molecule has 49 valence electrons. The fourth-order valence-electron chi connectivity index (χ4n) is 0.134. The highest BCUT2D eigenvalue weighted by Gasteiger charge is 2.27. The van der Waals surface area contributed by atoms with E-state index in [0.717, 1.165) is 0 Å². The van der Waals surface area contributed by atoms with Gasteiger partial charge in [-0.05, 0) is 6.42 Å². The molecule has 0 bridgehead atoms. The Morgan fingerprint density at radius 3 is 1.75 bits per heavy atom. The minimum absolute atomic E-state index is 0.372. The van der Waals surface area contributed by atoms with Crippen molar-refractivity contribution in [3.05, 3.63) is 1.93 Å². The lowest BCUT2D eigenvalue weighted by Gasteiger charge is -2.18. The molecule has 1 radical (unpaired) electrons. The molecule has 0 aliphatic carbocycles. The smallest absolute Gasteiger partial charge is 0.0648 e. The third kappa shape index (κ3) is 3.94. The molecule has 0 rings (SSSR count). The largest absolute Gasteiger partial charge is 0.122 e. The summed E-state index contributed by atoms with van der Waals surface area (Å²) in [5, 5.41) is 0. The normalized spacial score (nSPS) is 12.8. The molecule has 0 heterocycles. The van der Waals surface area contributed by atoms with Gasteiger partial charge in [-0.2, -0.15) is 0 Å². The van der Waals surface area contributed by atoms with Crippen molar-refractivity contribution in [1.82, 2.24) is 0 Å². The maximum Gasteiger partial charge on any atom is 0.122 e. The van der Waals surface area contributed by atoms with Gasteiger partial charge in [0.2, 0.25) is 0 Å². The first-order valence-electron chi connectivity index (χ1n) is 2.07. The van der Waals surface area contributed by atoms with E-state index in [0.29, 0.717) is 1.43 Å². The molecule has 0 N–H and O–H groups in total. The zero-order chi connectivity index (χ0) is 6.78. The molecule has 0 aliphatic heterocycles. The Morgan fingerprint density at radius 2 is 1.75 bits per heavy atom. The Balaban J connectivity index is 3.71. The monoisotopic (exact) mass is 561 g/mol. The van der Waals surface area contributed by atoms with Crippen LogP contribution in [0, 0.1) is 1.93 Å². The Kier molecular flexibility index (Phi) is 6.45. The second-order valence-electron chi connectivity index (χ2n) is 1.32. The number of rotatable bonds is 2. The summed E-state index contributed by atoms with van der Waals surface area (Å²) in [4.78, 5) is 0. The van der Waals surface area contributed by atoms with E-state index in [4.69, 9.17) is 0 Å². The maximum absolute atomic E-state index is 2.46. The molecule has 0 fully saturated rings. The molecule has 0 unspecified atom stereocenters. The Morgan fingerprint density at radius 1 is 1.38 bits per heavy atom. The van der Waals surface area contributed by atoms with Crippen LogP contribution in [0.3, 0.4) is 0 Å². The van der Waals surface area contributed by atoms with Crippen LogP contribution in [0.1, 0.15) is 13.3 Å². The van der Waals surface area contributed by atoms with Gasteiger partial charge in [-0.25, -0.2) is 0 Å². The van der Waals surface area contributed by atoms with Gasteiger partial charge in [0.05, 0.1) is 1.43 Å². The van der Waals surface area contributed by atoms with Crippen LogP contribution in [-0.2, 0) is 0 Å². The van der Waals surface area contributed by atoms with E-state index >= 15 is 0 Å². The fraction of sp³-hybridized carbons (Fsp3) is 0.750. The third-order valence-electron chi connectivity index (χ3n) is 0.721. The molecule has 0 saturated heterocycles. The maximum atomic E-state index is 2.46. The van der Waals surface area contributed by atoms with Crippen LogP contribution in [0.5, 0.6) is 0 Å². The summed E-state index contributed by atoms with van der Waals surface area (Å²) in [6.07, 6.45) is 1.20. The minimum atomic E-state index is 0.372. The van der Waals surface area contributed by atoms with Crippen molar-refractivity contribution in [2.24, 2.45) is 0 Å². The number of hydrogen-bond acceptors (Lipinski definition) is 0. The second kappa shape index (κ2) is 4.73. The van der Waals surface area contributed by atoms with Gasteiger partial charge in [0.1, 0.15) is 1.93 Å². The molecule has 0 spiro atoms. The van der Waals surface area contributed by atoms with Crippen molar-refractivity contribution in [3.8, 4) is 0 Å². The lowest BCUT2D eigenvalue weighted by molar-refractivity contribution is 0.971. The van der Waals surface area contributed by atoms with Crippen molar-refractivity contribution in [2.75, 3.05) is 0 Å². The van der Waals surface area contributed by atoms with Crippen LogP contribution in [0.15, 0.2) is 0 Å². The first kappa shape index (κ1) is 10.9. The lowest BCUT2D eigenvalue weighted by Crippen LogP contribution is -2.10. The molecule has 0 aromatic rings. The summed E-state index contributed by atoms with van der Waals surface area (Å²) in [5.74, 6) is 0. The van der Waals surface area contributed by atoms with Gasteiger partial charge in [-0.3, -0.25) is 0 Å². The fourth-order valence-corrected chi connectivity index (χ4v) is 0.896. The average molecular weight is 561 g/mol. The Hall–Kier alpha value is 2.92. The van der Waals surface area contributed by atoms with Gasteiger partial charge >= 0.3 is 0 Å². The van der Waals surface area contributed by atoms with E-state index in [9.17, 15) is 0 Å². The van der Waals surface area contributed by atoms with Gasteiger partial charge in [-0.15, -0.1) is 0 Å². The van der Waals surface area contributed by atoms with Crippen LogP contribution in [0.25, 0.3) is 0 Å². The zero-order valence-corrected chi connectivity index (χ0v) is 12.8. The summed E-state index contributed by atoms with van der Waals surface area (Å²) in [7, 11) is 0. The minimum Gasteiger partial charge on any atom is -0.0648 e. The van der Waals surface area contributed by atoms with Crippen molar-refractivity contribution < 1.29 is 0 Å². The summed E-state index contributed by atoms with van der Waals surface area (Å²) < 4.78 is 1.81. The third-order valence-corrected chi connectivity index (χ3v) is 9.29. The number of halogens is 4. The van der Waals surface area contributed by atoms with Crippen molar-refractivity contribution >= 4 is 90.4 Å². The number of alkyl halides is 2. The SMILES string of the molecule is CCC(I)(I)[C](I)I. The zero-order valence-electron chi connectivity index (χ0n) is 4.22. The average Bonchev–Trinajstić information content (AvgIpc) is 1.67. The van der Waals surface area contributed by atoms with Crippen LogP contribution < -0.4 is 0 Å². The van der Waals surface area contributed by atoms with Crippen LogP contribution in [0.4, 0.5) is 0 Å². The molecule has 0 amide bonds. The summed E-state index contributed by atoms with van der Waals surface area (Å²) in [5.41, 5.74) is 0. The molecule has 4 heteroatoms. The van der Waals surface area contributed by atoms with Crippen molar-refractivity contribution in [2.45, 2.75) is 14.8 Å². The second-order valence-corrected chi connectivity index (χ2v) is 11.3. The predicted octanol–water partition coefficient (Wildman–Crippen LogP) is 4.32. The summed E-state index contributed by atoms with van der Waals surface area (Å²) >= 11 is 9.68. The van der Waals surface area contributed by atoms with Gasteiger partial charge in [0.25, 0.3) is 0 Å². The van der Waals surface area contributed by atoms with E-state index in [-0.39, 0.29) is 0 Å². The number of hydrogen-bond donors (Lipinski definition) is 0. The van der Waals surface area contributed by atoms with Gasteiger partial charge in [-0.1, -0.05) is 97.3 Å². The quantitative estimate of drug-likeness (QED) is 0.349. The molecule has 8 heavy (non-hydrogen) atoms. The lowest BCUT2D eigenvalue weighted by atomic mass is 10.4. The van der Waals surface area contributed by atoms with E-state index in [1.165, 1.54) is 8.35 Å². The highest BCUT2D eigenvalue weighted by Crippen LogP contribution is 2.47. The van der Waals surface area contributed by atoms with Gasteiger partial charge in [0, 0.05) is 0 Å². The van der Waals surface area contributed by atoms with Crippen molar-refractivity contribution in [3.63, 3.8) is 0 Å². The standard InChI is InChI=1S/C4H5I4/c1-2-4(7,8)3(5)6/h2H2,1H3. The van der Waals surface area contributed by atoms with E-state index in [1.54, 1.807) is 0 Å². The molecule has 0 aromatic carbocycles. The summed E-state index contributed by atoms with van der Waals surface area (Å²) in [6.45, 7) is 2.20. The van der Waals surface area contributed by atoms with E-state index in [1.807, 2.05) is 0 Å². The molecule has 0 saturated carbocycles. The molecular weight excluding hydrogens is 556 g/mol. The first-order valence-corrected chi connectivity index (χ1v) is 6.38. The van der Waals surface area contributed by atoms with Gasteiger partial charge in [0.15, 0.2) is 0 Å². The van der Waals surface area contributed by atoms with E-state index < -0.39 is 0 Å². The topological polar surface area (TPSA) is 0 Å². The molecule has 0 atom stereocenters. The van der Waals surface area contributed by atoms with Gasteiger partial charge < -0.3 is 0 Å². The molecule has 0 nitrogen and oxygen atoms in total. The van der Waals surface area contributed by atoms with Crippen LogP contribution in [-0.4, -0.2) is 1.43 Å². The molecule has 0 aromatic heterocycles. The van der Waals surface area contributed by atoms with E-state index in [2.05, 4.69) is 97.3 Å². The predicted molar refractivity (Wildman–Crippen MR) is 72.3 cm³/mol. The Bertz CT molecular complexity index is 68.4. The van der Waals surface area contributed by atoms with Crippen LogP contribution >= 0.6 is 90.4 Å².